The lowest BCUT2D eigenvalue weighted by Crippen LogP contribution is -2.44. The van der Waals surface area contributed by atoms with E-state index in [1.54, 1.807) is 0 Å². The molecular weight excluding hydrogens is 702 g/mol. The zero-order valence-electron chi connectivity index (χ0n) is 22.1. The first-order valence-electron chi connectivity index (χ1n) is 12.2. The third-order valence-electron chi connectivity index (χ3n) is 6.61. The van der Waals surface area contributed by atoms with Crippen LogP contribution in [0.5, 0.6) is 11.5 Å². The fraction of sp³-hybridized carbons (Fsp3) is 0. The summed E-state index contributed by atoms with van der Waals surface area (Å²) in [6.45, 7) is 0. The minimum atomic E-state index is -3.27. The lowest BCUT2D eigenvalue weighted by atomic mass is 9.75. The van der Waals surface area contributed by atoms with Gasteiger partial charge in [-0.25, -0.2) is 61.5 Å². The van der Waals surface area contributed by atoms with Gasteiger partial charge in [0.05, 0.1) is 16.5 Å². The van der Waals surface area contributed by atoms with Gasteiger partial charge < -0.3 is 9.31 Å². The Morgan fingerprint density at radius 3 is 1.21 bits per heavy atom. The lowest BCUT2D eigenvalue weighted by molar-refractivity contribution is 0.329. The van der Waals surface area contributed by atoms with E-state index in [1.165, 1.54) is 0 Å². The molecule has 0 N–H and O–H groups in total. The molecule has 0 unspecified atom stereocenters. The van der Waals surface area contributed by atoms with Gasteiger partial charge in [0.1, 0.15) is 5.82 Å². The van der Waals surface area contributed by atoms with E-state index in [0.29, 0.717) is 12.1 Å². The molecule has 20 heteroatoms. The second-order valence-corrected chi connectivity index (χ2v) is 9.29. The monoisotopic (exact) mass is 706 g/mol. The van der Waals surface area contributed by atoms with Crippen molar-refractivity contribution in [3.05, 3.63) is 123 Å². The zero-order chi connectivity index (χ0) is 35.7. The molecule has 5 aromatic rings. The van der Waals surface area contributed by atoms with Crippen LogP contribution in [0, 0.1) is 98.9 Å². The van der Waals surface area contributed by atoms with E-state index < -0.39 is 145 Å². The largest absolute Gasteiger partial charge is 0.633 e. The average molecular weight is 706 g/mol. The highest BCUT2D eigenvalue weighted by Gasteiger charge is 2.41. The average Bonchev–Trinajstić information content (AvgIpc) is 3.06. The van der Waals surface area contributed by atoms with Gasteiger partial charge in [-0.1, -0.05) is 12.1 Å². The molecular formula is C28H4BF17O2. The minimum absolute atomic E-state index is 0.200. The molecule has 5 rings (SSSR count). The van der Waals surface area contributed by atoms with Crippen LogP contribution in [0.3, 0.4) is 0 Å². The maximum atomic E-state index is 15.2. The van der Waals surface area contributed by atoms with Gasteiger partial charge >= 0.3 is 7.12 Å². The molecule has 48 heavy (non-hydrogen) atoms. The van der Waals surface area contributed by atoms with Gasteiger partial charge in [-0.05, 0) is 17.5 Å². The molecule has 250 valence electrons. The molecule has 0 aliphatic heterocycles. The van der Waals surface area contributed by atoms with Crippen molar-refractivity contribution in [1.29, 1.82) is 0 Å². The second-order valence-electron chi connectivity index (χ2n) is 9.29. The van der Waals surface area contributed by atoms with E-state index in [0.717, 1.165) is 0 Å². The van der Waals surface area contributed by atoms with Gasteiger partial charge in [-0.3, -0.25) is 0 Å². The van der Waals surface area contributed by atoms with Crippen molar-refractivity contribution < 1.29 is 83.9 Å². The number of hydrogen-bond acceptors (Lipinski definition) is 2. The van der Waals surface area contributed by atoms with Crippen LogP contribution in [0.1, 0.15) is 0 Å². The zero-order valence-corrected chi connectivity index (χ0v) is 22.1. The van der Waals surface area contributed by atoms with Crippen LogP contribution in [0.15, 0.2) is 24.3 Å². The van der Waals surface area contributed by atoms with Gasteiger partial charge in [0.2, 0.25) is 46.5 Å². The highest BCUT2D eigenvalue weighted by Crippen LogP contribution is 2.43. The molecule has 0 aliphatic rings. The Morgan fingerprint density at radius 1 is 0.333 bits per heavy atom. The SMILES string of the molecule is Fc1ccc2c(B(Oc3c(F)c(F)c(F)c(F)c3F)Oc3c(F)c(F)c(F)c(F)c3-c3c(F)c(F)c(F)c(F)c3F)ccc(F)c2c1F. The third kappa shape index (κ3) is 5.09. The van der Waals surface area contributed by atoms with Crippen molar-refractivity contribution in [2.24, 2.45) is 0 Å². The Bertz CT molecular complexity index is 2130. The highest BCUT2D eigenvalue weighted by molar-refractivity contribution is 6.65. The van der Waals surface area contributed by atoms with Crippen molar-refractivity contribution in [2.75, 3.05) is 0 Å². The summed E-state index contributed by atoms with van der Waals surface area (Å²) in [6, 6.07) is 1.23. The number of benzene rings is 5. The molecule has 0 aliphatic carbocycles. The summed E-state index contributed by atoms with van der Waals surface area (Å²) < 4.78 is 254. The molecule has 2 nitrogen and oxygen atoms in total. The Hall–Kier alpha value is -5.17. The summed E-state index contributed by atoms with van der Waals surface area (Å²) in [5.41, 5.74) is -6.21. The van der Waals surface area contributed by atoms with Gasteiger partial charge in [0.25, 0.3) is 0 Å². The van der Waals surface area contributed by atoms with Crippen LogP contribution in [-0.4, -0.2) is 7.12 Å². The first-order chi connectivity index (χ1) is 22.4. The maximum Gasteiger partial charge on any atom is 0.633 e. The predicted molar refractivity (Wildman–Crippen MR) is 128 cm³/mol. The first-order valence-corrected chi connectivity index (χ1v) is 12.2. The first kappa shape index (κ1) is 34.2. The van der Waals surface area contributed by atoms with E-state index >= 15 is 8.78 Å². The summed E-state index contributed by atoms with van der Waals surface area (Å²) >= 11 is 0. The summed E-state index contributed by atoms with van der Waals surface area (Å²) in [6.07, 6.45) is 0. The summed E-state index contributed by atoms with van der Waals surface area (Å²) in [5.74, 6) is -50.6. The Balaban J connectivity index is 1.88. The molecule has 0 fully saturated rings. The van der Waals surface area contributed by atoms with E-state index in [2.05, 4.69) is 4.65 Å². The van der Waals surface area contributed by atoms with E-state index in [-0.39, 0.29) is 12.1 Å². The Labute approximate surface area is 253 Å². The fourth-order valence-corrected chi connectivity index (χ4v) is 4.39. The standard InChI is InChI=1S/C28H4BF17O2/c30-7-4-2-6(5-1-3-8(31)12(32)9(5)7)29(48-28-25(45)22(42)20(40)23(43)26(28)46)47-27-11(15(35)18(38)21(41)24(27)44)10-13(33)16(36)19(39)17(37)14(10)34/h1-4H. The number of rotatable bonds is 6. The van der Waals surface area contributed by atoms with Crippen molar-refractivity contribution in [1.82, 2.24) is 0 Å². The number of halogens is 17. The van der Waals surface area contributed by atoms with E-state index in [9.17, 15) is 65.9 Å². The Morgan fingerprint density at radius 2 is 0.708 bits per heavy atom. The van der Waals surface area contributed by atoms with Crippen molar-refractivity contribution in [2.45, 2.75) is 0 Å². The summed E-state index contributed by atoms with van der Waals surface area (Å²) in [4.78, 5) is 0. The highest BCUT2D eigenvalue weighted by atomic mass is 19.2. The second kappa shape index (κ2) is 12.1. The van der Waals surface area contributed by atoms with Crippen LogP contribution in [-0.2, 0) is 0 Å². The quantitative estimate of drug-likeness (QED) is 0.0762. The van der Waals surface area contributed by atoms with Crippen LogP contribution >= 0.6 is 0 Å². The third-order valence-corrected chi connectivity index (χ3v) is 6.61. The molecule has 0 heterocycles. The van der Waals surface area contributed by atoms with E-state index in [4.69, 9.17) is 4.65 Å². The molecule has 0 saturated heterocycles. The van der Waals surface area contributed by atoms with Crippen molar-refractivity contribution in [3.8, 4) is 22.6 Å². The number of fused-ring (bicyclic) bond motifs is 1. The molecule has 5 aromatic carbocycles. The molecule has 0 spiro atoms. The fourth-order valence-electron chi connectivity index (χ4n) is 4.39. The molecule has 0 radical (unpaired) electrons. The summed E-state index contributed by atoms with van der Waals surface area (Å²) in [7, 11) is -3.27. The topological polar surface area (TPSA) is 18.5 Å². The van der Waals surface area contributed by atoms with Crippen molar-refractivity contribution >= 4 is 23.4 Å². The number of hydrogen-bond donors (Lipinski definition) is 0. The van der Waals surface area contributed by atoms with Gasteiger partial charge in [0.15, 0.2) is 58.0 Å². The van der Waals surface area contributed by atoms with Crippen LogP contribution < -0.4 is 14.8 Å². The van der Waals surface area contributed by atoms with Crippen LogP contribution in [0.2, 0.25) is 0 Å². The van der Waals surface area contributed by atoms with Gasteiger partial charge in [-0.2, -0.15) is 13.2 Å². The van der Waals surface area contributed by atoms with Crippen molar-refractivity contribution in [3.63, 3.8) is 0 Å². The molecule has 0 bridgehead atoms. The smallest absolute Gasteiger partial charge is 0.519 e. The lowest BCUT2D eigenvalue weighted by Gasteiger charge is -2.22. The maximum absolute atomic E-state index is 15.2. The van der Waals surface area contributed by atoms with E-state index in [1.807, 2.05) is 0 Å². The summed E-state index contributed by atoms with van der Waals surface area (Å²) in [5, 5.41) is -2.41. The van der Waals surface area contributed by atoms with Gasteiger partial charge in [0, 0.05) is 5.46 Å². The normalized spacial score (nSPS) is 11.4. The molecule has 0 amide bonds. The minimum Gasteiger partial charge on any atom is -0.519 e. The Kier molecular flexibility index (Phi) is 8.64. The molecule has 0 saturated carbocycles. The molecule has 0 atom stereocenters. The molecule has 0 aromatic heterocycles. The van der Waals surface area contributed by atoms with Gasteiger partial charge in [-0.15, -0.1) is 0 Å². The predicted octanol–water partition coefficient (Wildman–Crippen LogP) is 8.72. The van der Waals surface area contributed by atoms with Crippen LogP contribution in [0.4, 0.5) is 74.6 Å². The van der Waals surface area contributed by atoms with Crippen LogP contribution in [0.25, 0.3) is 21.9 Å².